The van der Waals surface area contributed by atoms with Gasteiger partial charge in [0.25, 0.3) is 0 Å². The molecule has 1 saturated heterocycles. The van der Waals surface area contributed by atoms with Gasteiger partial charge in [-0.2, -0.15) is 5.26 Å². The van der Waals surface area contributed by atoms with E-state index in [-0.39, 0.29) is 30.8 Å². The molecule has 1 aromatic carbocycles. The van der Waals surface area contributed by atoms with Gasteiger partial charge >= 0.3 is 5.97 Å². The summed E-state index contributed by atoms with van der Waals surface area (Å²) in [4.78, 5) is 27.9. The van der Waals surface area contributed by atoms with Crippen molar-refractivity contribution in [2.24, 2.45) is 0 Å². The molecule has 1 aromatic rings. The first-order valence-electron chi connectivity index (χ1n) is 8.66. The van der Waals surface area contributed by atoms with Crippen molar-refractivity contribution in [2.45, 2.75) is 19.3 Å². The molecule has 2 aliphatic rings. The van der Waals surface area contributed by atoms with E-state index in [1.807, 2.05) is 29.2 Å². The van der Waals surface area contributed by atoms with Crippen LogP contribution in [-0.4, -0.2) is 54.5 Å². The van der Waals surface area contributed by atoms with Crippen LogP contribution >= 0.6 is 11.8 Å². The second-order valence-corrected chi connectivity index (χ2v) is 7.16. The molecule has 0 radical (unpaired) electrons. The Morgan fingerprint density at radius 2 is 2.11 bits per heavy atom. The highest BCUT2D eigenvalue weighted by Crippen LogP contribution is 2.42. The maximum atomic E-state index is 12.8. The molecular weight excluding hydrogens is 366 g/mol. The molecule has 2 heterocycles. The zero-order valence-electron chi connectivity index (χ0n) is 15.3. The lowest BCUT2D eigenvalue weighted by Gasteiger charge is -2.40. The van der Waals surface area contributed by atoms with Crippen LogP contribution in [0.15, 0.2) is 34.9 Å². The zero-order chi connectivity index (χ0) is 19.4. The Bertz CT molecular complexity index is 800. The van der Waals surface area contributed by atoms with E-state index in [0.29, 0.717) is 29.8 Å². The van der Waals surface area contributed by atoms with Crippen LogP contribution in [0.4, 0.5) is 0 Å². The number of esters is 1. The number of thioether (sulfide) groups is 1. The highest BCUT2D eigenvalue weighted by molar-refractivity contribution is 8.03. The van der Waals surface area contributed by atoms with Gasteiger partial charge < -0.3 is 9.47 Å². The fourth-order valence-electron chi connectivity index (χ4n) is 3.22. The van der Waals surface area contributed by atoms with E-state index in [1.54, 1.807) is 18.9 Å². The third kappa shape index (κ3) is 4.10. The number of nitrogens with zero attached hydrogens (tertiary/aromatic N) is 3. The van der Waals surface area contributed by atoms with Gasteiger partial charge in [0.2, 0.25) is 5.91 Å². The Kier molecular flexibility index (Phi) is 6.04. The number of benzene rings is 1. The molecule has 7 nitrogen and oxygen atoms in total. The smallest absolute Gasteiger partial charge is 0.320 e. The number of rotatable bonds is 5. The molecule has 0 aromatic heterocycles. The topological polar surface area (TPSA) is 82.9 Å². The lowest BCUT2D eigenvalue weighted by molar-refractivity contribution is -0.146. The van der Waals surface area contributed by atoms with Gasteiger partial charge in [0, 0.05) is 12.3 Å². The summed E-state index contributed by atoms with van der Waals surface area (Å²) in [5, 5.41) is 10.4. The van der Waals surface area contributed by atoms with Crippen molar-refractivity contribution in [3.05, 3.63) is 40.4 Å². The fourth-order valence-corrected chi connectivity index (χ4v) is 4.35. The quantitative estimate of drug-likeness (QED) is 0.717. The second-order valence-electron chi connectivity index (χ2n) is 6.23. The normalized spacial score (nSPS) is 20.1. The van der Waals surface area contributed by atoms with Crippen molar-refractivity contribution in [1.82, 2.24) is 9.80 Å². The molecule has 0 spiro atoms. The van der Waals surface area contributed by atoms with Crippen molar-refractivity contribution in [1.29, 1.82) is 5.26 Å². The van der Waals surface area contributed by atoms with Crippen LogP contribution in [-0.2, 0) is 14.3 Å². The predicted octanol–water partition coefficient (Wildman–Crippen LogP) is 2.27. The molecule has 3 rings (SSSR count). The summed E-state index contributed by atoms with van der Waals surface area (Å²) < 4.78 is 10.2. The third-order valence-corrected chi connectivity index (χ3v) is 5.73. The van der Waals surface area contributed by atoms with E-state index in [2.05, 4.69) is 6.07 Å². The van der Waals surface area contributed by atoms with E-state index in [0.717, 1.165) is 11.3 Å². The summed E-state index contributed by atoms with van der Waals surface area (Å²) in [5.74, 6) is 0.634. The summed E-state index contributed by atoms with van der Waals surface area (Å²) in [6.45, 7) is 2.51. The molecular formula is C19H21N3O4S. The van der Waals surface area contributed by atoms with E-state index < -0.39 is 0 Å². The second kappa shape index (κ2) is 8.46. The van der Waals surface area contributed by atoms with Crippen molar-refractivity contribution in [3.63, 3.8) is 0 Å². The van der Waals surface area contributed by atoms with Crippen LogP contribution < -0.4 is 4.74 Å². The minimum absolute atomic E-state index is 0.0501. The lowest BCUT2D eigenvalue weighted by atomic mass is 9.86. The highest BCUT2D eigenvalue weighted by atomic mass is 32.2. The molecule has 0 N–H and O–H groups in total. The fraction of sp³-hybridized carbons (Fsp3) is 0.421. The molecule has 1 atom stereocenters. The first kappa shape index (κ1) is 19.3. The van der Waals surface area contributed by atoms with Crippen LogP contribution in [0, 0.1) is 11.3 Å². The predicted molar refractivity (Wildman–Crippen MR) is 101 cm³/mol. The molecule has 0 bridgehead atoms. The number of carbonyl (C=O) groups excluding carboxylic acids is 2. The minimum Gasteiger partial charge on any atom is -0.497 e. The Labute approximate surface area is 162 Å². The summed E-state index contributed by atoms with van der Waals surface area (Å²) in [7, 11) is 1.60. The molecule has 27 heavy (non-hydrogen) atoms. The molecule has 0 aliphatic carbocycles. The number of amides is 1. The lowest BCUT2D eigenvalue weighted by Crippen LogP contribution is -2.48. The average molecular weight is 387 g/mol. The summed E-state index contributed by atoms with van der Waals surface area (Å²) in [6, 6.07) is 9.76. The molecule has 2 aliphatic heterocycles. The Hall–Kier alpha value is -2.50. The average Bonchev–Trinajstić information content (AvgIpc) is 2.68. The van der Waals surface area contributed by atoms with Gasteiger partial charge in [0.1, 0.15) is 5.75 Å². The molecule has 1 fully saturated rings. The Morgan fingerprint density at radius 3 is 2.74 bits per heavy atom. The third-order valence-electron chi connectivity index (χ3n) is 4.53. The standard InChI is InChI=1S/C19H21N3O4S/c1-3-26-18(24)10-21-11-22-17(23)8-15(16(9-20)19(22)27-12-21)13-4-6-14(25-2)7-5-13/h4-7,15H,3,8,10-12H2,1-2H3/t15-/m1/s1. The maximum Gasteiger partial charge on any atom is 0.320 e. The number of nitriles is 1. The number of carbonyl (C=O) groups is 2. The van der Waals surface area contributed by atoms with Crippen LogP contribution in [0.25, 0.3) is 0 Å². The summed E-state index contributed by atoms with van der Waals surface area (Å²) in [6.07, 6.45) is 0.229. The van der Waals surface area contributed by atoms with Gasteiger partial charge in [-0.05, 0) is 24.6 Å². The molecule has 8 heteroatoms. The van der Waals surface area contributed by atoms with Crippen molar-refractivity contribution in [3.8, 4) is 11.8 Å². The van der Waals surface area contributed by atoms with Crippen molar-refractivity contribution in [2.75, 3.05) is 32.8 Å². The van der Waals surface area contributed by atoms with Gasteiger partial charge in [0.05, 0.1) is 49.5 Å². The number of hydrogen-bond donors (Lipinski definition) is 0. The number of fused-ring (bicyclic) bond motifs is 1. The largest absolute Gasteiger partial charge is 0.497 e. The maximum absolute atomic E-state index is 12.8. The van der Waals surface area contributed by atoms with E-state index in [9.17, 15) is 14.9 Å². The molecule has 1 amide bonds. The van der Waals surface area contributed by atoms with Gasteiger partial charge in [-0.1, -0.05) is 23.9 Å². The van der Waals surface area contributed by atoms with Crippen molar-refractivity contribution < 1.29 is 19.1 Å². The molecule has 142 valence electrons. The molecule has 0 unspecified atom stereocenters. The van der Waals surface area contributed by atoms with Gasteiger partial charge in [-0.3, -0.25) is 19.4 Å². The van der Waals surface area contributed by atoms with E-state index >= 15 is 0 Å². The van der Waals surface area contributed by atoms with Crippen LogP contribution in [0.5, 0.6) is 5.75 Å². The number of hydrogen-bond acceptors (Lipinski definition) is 7. The SMILES string of the molecule is CCOC(=O)CN1CSC2=C(C#N)[C@@H](c3ccc(OC)cc3)CC(=O)N2C1. The van der Waals surface area contributed by atoms with Crippen LogP contribution in [0.3, 0.4) is 0 Å². The van der Waals surface area contributed by atoms with Crippen molar-refractivity contribution >= 4 is 23.6 Å². The van der Waals surface area contributed by atoms with E-state index in [4.69, 9.17) is 9.47 Å². The molecule has 0 saturated carbocycles. The highest BCUT2D eigenvalue weighted by Gasteiger charge is 2.38. The summed E-state index contributed by atoms with van der Waals surface area (Å²) >= 11 is 1.41. The van der Waals surface area contributed by atoms with E-state index in [1.165, 1.54) is 11.8 Å². The van der Waals surface area contributed by atoms with Crippen LogP contribution in [0.1, 0.15) is 24.8 Å². The summed E-state index contributed by atoms with van der Waals surface area (Å²) in [5.41, 5.74) is 1.52. The first-order valence-corrected chi connectivity index (χ1v) is 9.65. The Balaban J connectivity index is 1.82. The van der Waals surface area contributed by atoms with Gasteiger partial charge in [0.15, 0.2) is 0 Å². The number of ether oxygens (including phenoxy) is 2. The number of allylic oxidation sites excluding steroid dienone is 1. The minimum atomic E-state index is -0.313. The number of methoxy groups -OCH3 is 1. The van der Waals surface area contributed by atoms with Gasteiger partial charge in [-0.25, -0.2) is 0 Å². The Morgan fingerprint density at radius 1 is 1.37 bits per heavy atom. The zero-order valence-corrected chi connectivity index (χ0v) is 16.1. The first-order chi connectivity index (χ1) is 13.1. The monoisotopic (exact) mass is 387 g/mol. The van der Waals surface area contributed by atoms with Gasteiger partial charge in [-0.15, -0.1) is 0 Å². The van der Waals surface area contributed by atoms with Crippen LogP contribution in [0.2, 0.25) is 0 Å².